The summed E-state index contributed by atoms with van der Waals surface area (Å²) in [5.41, 5.74) is 4.35. The van der Waals surface area contributed by atoms with Crippen LogP contribution < -0.4 is 9.80 Å². The van der Waals surface area contributed by atoms with E-state index in [2.05, 4.69) is 9.98 Å². The number of pyridine rings is 1. The fourth-order valence-electron chi connectivity index (χ4n) is 3.07. The van der Waals surface area contributed by atoms with E-state index in [1.54, 1.807) is 24.5 Å². The van der Waals surface area contributed by atoms with Crippen molar-refractivity contribution in [2.24, 2.45) is 4.99 Å². The molecule has 0 saturated heterocycles. The molecule has 5 nitrogen and oxygen atoms in total. The molecule has 0 fully saturated rings. The standard InChI is InChI=1S/C25H25FN4O/c1-29(2)23-11-7-19(8-12-23)6-10-22(18-31)28-24-15-21(26)9-13-25(24)30(3)17-20-5-4-14-27-16-20/h4-16,18H,17H2,1-3H3/b10-6+,28-22?. The van der Waals surface area contributed by atoms with Gasteiger partial charge in [0.05, 0.1) is 11.4 Å². The number of benzene rings is 2. The van der Waals surface area contributed by atoms with Crippen LogP contribution in [-0.4, -0.2) is 38.1 Å². The molecular weight excluding hydrogens is 391 g/mol. The molecule has 1 aromatic heterocycles. The number of nitrogens with zero attached hydrogens (tertiary/aromatic N) is 4. The van der Waals surface area contributed by atoms with Crippen molar-refractivity contribution in [1.82, 2.24) is 4.98 Å². The van der Waals surface area contributed by atoms with Gasteiger partial charge in [-0.25, -0.2) is 9.38 Å². The summed E-state index contributed by atoms with van der Waals surface area (Å²) in [4.78, 5) is 24.1. The van der Waals surface area contributed by atoms with E-state index in [9.17, 15) is 9.18 Å². The molecule has 158 valence electrons. The molecule has 6 heteroatoms. The van der Waals surface area contributed by atoms with Crippen molar-refractivity contribution in [2.75, 3.05) is 30.9 Å². The Balaban J connectivity index is 1.85. The van der Waals surface area contributed by atoms with Crippen LogP contribution in [0.5, 0.6) is 0 Å². The average molecular weight is 417 g/mol. The summed E-state index contributed by atoms with van der Waals surface area (Å²) in [6, 6.07) is 16.1. The Hall–Kier alpha value is -3.80. The maximum absolute atomic E-state index is 13.9. The van der Waals surface area contributed by atoms with E-state index in [1.807, 2.05) is 73.4 Å². The predicted molar refractivity (Wildman–Crippen MR) is 126 cm³/mol. The Morgan fingerprint density at radius 1 is 1.10 bits per heavy atom. The van der Waals surface area contributed by atoms with Crippen molar-refractivity contribution in [3.8, 4) is 0 Å². The maximum atomic E-state index is 13.9. The molecule has 0 N–H and O–H groups in total. The van der Waals surface area contributed by atoms with Gasteiger partial charge in [0.15, 0.2) is 6.29 Å². The van der Waals surface area contributed by atoms with Crippen LogP contribution in [-0.2, 0) is 11.3 Å². The van der Waals surface area contributed by atoms with Gasteiger partial charge in [0.25, 0.3) is 0 Å². The highest BCUT2D eigenvalue weighted by Crippen LogP contribution is 2.30. The Labute approximate surface area is 182 Å². The summed E-state index contributed by atoms with van der Waals surface area (Å²) in [6.45, 7) is 0.576. The number of anilines is 2. The number of carbonyl (C=O) groups is 1. The van der Waals surface area contributed by atoms with Gasteiger partial charge in [-0.1, -0.05) is 24.3 Å². The lowest BCUT2D eigenvalue weighted by Crippen LogP contribution is -2.16. The number of halogens is 1. The zero-order chi connectivity index (χ0) is 22.2. The van der Waals surface area contributed by atoms with E-state index < -0.39 is 5.82 Å². The number of aldehydes is 1. The summed E-state index contributed by atoms with van der Waals surface area (Å²) in [7, 11) is 5.84. The minimum absolute atomic E-state index is 0.207. The van der Waals surface area contributed by atoms with Crippen molar-refractivity contribution in [1.29, 1.82) is 0 Å². The molecule has 0 radical (unpaired) electrons. The molecule has 0 spiro atoms. The molecule has 0 aliphatic rings. The summed E-state index contributed by atoms with van der Waals surface area (Å²) < 4.78 is 13.9. The average Bonchev–Trinajstić information content (AvgIpc) is 2.77. The number of aliphatic imine (C=N–C) groups is 1. The molecule has 1 heterocycles. The summed E-state index contributed by atoms with van der Waals surface area (Å²) in [5.74, 6) is -0.411. The fourth-order valence-corrected chi connectivity index (χ4v) is 3.07. The zero-order valence-electron chi connectivity index (χ0n) is 17.9. The molecule has 0 aliphatic carbocycles. The number of allylic oxidation sites excluding steroid dienone is 1. The largest absolute Gasteiger partial charge is 0.378 e. The van der Waals surface area contributed by atoms with Gasteiger partial charge in [-0.15, -0.1) is 0 Å². The van der Waals surface area contributed by atoms with E-state index >= 15 is 0 Å². The topological polar surface area (TPSA) is 48.8 Å². The molecule has 0 bridgehead atoms. The Morgan fingerprint density at radius 2 is 1.87 bits per heavy atom. The minimum atomic E-state index is -0.411. The fraction of sp³-hybridized carbons (Fsp3) is 0.160. The Bertz CT molecular complexity index is 1080. The highest BCUT2D eigenvalue weighted by Gasteiger charge is 2.10. The second-order valence-corrected chi connectivity index (χ2v) is 7.32. The van der Waals surface area contributed by atoms with Gasteiger partial charge in [0.2, 0.25) is 0 Å². The molecule has 0 saturated carbocycles. The van der Waals surface area contributed by atoms with Crippen LogP contribution in [0.2, 0.25) is 0 Å². The predicted octanol–water partition coefficient (Wildman–Crippen LogP) is 4.91. The van der Waals surface area contributed by atoms with E-state index in [1.165, 1.54) is 12.1 Å². The van der Waals surface area contributed by atoms with Crippen molar-refractivity contribution < 1.29 is 9.18 Å². The first kappa shape index (κ1) is 21.9. The van der Waals surface area contributed by atoms with Crippen LogP contribution >= 0.6 is 0 Å². The lowest BCUT2D eigenvalue weighted by Gasteiger charge is -2.21. The maximum Gasteiger partial charge on any atom is 0.168 e. The number of carbonyl (C=O) groups excluding carboxylic acids is 1. The van der Waals surface area contributed by atoms with Crippen molar-refractivity contribution >= 4 is 35.1 Å². The summed E-state index contributed by atoms with van der Waals surface area (Å²) in [5, 5.41) is 0. The van der Waals surface area contributed by atoms with Crippen molar-refractivity contribution in [3.63, 3.8) is 0 Å². The van der Waals surface area contributed by atoms with E-state index in [0.29, 0.717) is 24.2 Å². The first-order chi connectivity index (χ1) is 15.0. The minimum Gasteiger partial charge on any atom is -0.378 e. The van der Waals surface area contributed by atoms with Crippen molar-refractivity contribution in [3.05, 3.63) is 90.0 Å². The van der Waals surface area contributed by atoms with E-state index in [0.717, 1.165) is 16.8 Å². The lowest BCUT2D eigenvalue weighted by atomic mass is 10.1. The smallest absolute Gasteiger partial charge is 0.168 e. The van der Waals surface area contributed by atoms with Crippen LogP contribution in [0.25, 0.3) is 6.08 Å². The third-order valence-corrected chi connectivity index (χ3v) is 4.72. The SMILES string of the molecule is CN(C)c1ccc(/C=C/C(C=O)=Nc2cc(F)ccc2N(C)Cc2cccnc2)cc1. The molecule has 0 amide bonds. The third kappa shape index (κ3) is 6.09. The van der Waals surface area contributed by atoms with Gasteiger partial charge in [0, 0.05) is 51.8 Å². The van der Waals surface area contributed by atoms with Gasteiger partial charge < -0.3 is 9.80 Å². The van der Waals surface area contributed by atoms with Crippen LogP contribution in [0.4, 0.5) is 21.5 Å². The van der Waals surface area contributed by atoms with Gasteiger partial charge in [0.1, 0.15) is 11.5 Å². The number of aromatic nitrogens is 1. The van der Waals surface area contributed by atoms with Gasteiger partial charge in [-0.3, -0.25) is 9.78 Å². The highest BCUT2D eigenvalue weighted by molar-refractivity contribution is 6.35. The van der Waals surface area contributed by atoms with E-state index in [4.69, 9.17) is 0 Å². The highest BCUT2D eigenvalue weighted by atomic mass is 19.1. The molecule has 0 atom stereocenters. The quantitative estimate of drug-likeness (QED) is 0.387. The van der Waals surface area contributed by atoms with Crippen LogP contribution in [0, 0.1) is 5.82 Å². The zero-order valence-corrected chi connectivity index (χ0v) is 17.9. The normalized spacial score (nSPS) is 11.5. The van der Waals surface area contributed by atoms with Crippen LogP contribution in [0.15, 0.2) is 78.1 Å². The Morgan fingerprint density at radius 3 is 2.52 bits per heavy atom. The molecule has 0 aliphatic heterocycles. The molecule has 2 aromatic carbocycles. The van der Waals surface area contributed by atoms with Crippen LogP contribution in [0.1, 0.15) is 11.1 Å². The second kappa shape index (κ2) is 10.3. The second-order valence-electron chi connectivity index (χ2n) is 7.32. The number of hydrogen-bond acceptors (Lipinski definition) is 5. The first-order valence-electron chi connectivity index (χ1n) is 9.85. The molecular formula is C25H25FN4O. The van der Waals surface area contributed by atoms with E-state index in [-0.39, 0.29) is 5.71 Å². The third-order valence-electron chi connectivity index (χ3n) is 4.72. The molecule has 0 unspecified atom stereocenters. The monoisotopic (exact) mass is 416 g/mol. The first-order valence-corrected chi connectivity index (χ1v) is 9.85. The summed E-state index contributed by atoms with van der Waals surface area (Å²) in [6.07, 6.45) is 7.61. The molecule has 31 heavy (non-hydrogen) atoms. The molecule has 3 rings (SSSR count). The Kier molecular flexibility index (Phi) is 7.27. The lowest BCUT2D eigenvalue weighted by molar-refractivity contribution is -0.102. The van der Waals surface area contributed by atoms with Gasteiger partial charge >= 0.3 is 0 Å². The number of rotatable bonds is 8. The van der Waals surface area contributed by atoms with Crippen molar-refractivity contribution in [2.45, 2.75) is 6.54 Å². The summed E-state index contributed by atoms with van der Waals surface area (Å²) >= 11 is 0. The van der Waals surface area contributed by atoms with Gasteiger partial charge in [-0.05, 0) is 47.5 Å². The van der Waals surface area contributed by atoms with Gasteiger partial charge in [-0.2, -0.15) is 0 Å². The molecule has 3 aromatic rings. The van der Waals surface area contributed by atoms with Crippen LogP contribution in [0.3, 0.4) is 0 Å². The number of hydrogen-bond donors (Lipinski definition) is 0.